The first-order valence-corrected chi connectivity index (χ1v) is 9.22. The number of amides is 1. The van der Waals surface area contributed by atoms with E-state index < -0.39 is 0 Å². The molecule has 0 radical (unpaired) electrons. The molecule has 126 valence electrons. The number of fused-ring (bicyclic) bond motifs is 1. The van der Waals surface area contributed by atoms with Crippen molar-refractivity contribution in [1.82, 2.24) is 19.7 Å². The fraction of sp³-hybridized carbons (Fsp3) is 0.824. The van der Waals surface area contributed by atoms with Crippen LogP contribution in [0.15, 0.2) is 0 Å². The Morgan fingerprint density at radius 3 is 2.74 bits per heavy atom. The zero-order valence-electron chi connectivity index (χ0n) is 13.8. The van der Waals surface area contributed by atoms with E-state index in [-0.39, 0.29) is 18.0 Å². The maximum atomic E-state index is 13.0. The van der Waals surface area contributed by atoms with Crippen LogP contribution in [-0.4, -0.2) is 38.2 Å². The number of aryl methyl sites for hydroxylation is 1. The summed E-state index contributed by atoms with van der Waals surface area (Å²) in [5.74, 6) is 2.55. The molecular weight excluding hydrogens is 290 g/mol. The van der Waals surface area contributed by atoms with E-state index in [9.17, 15) is 4.79 Å². The third-order valence-corrected chi connectivity index (χ3v) is 5.79. The Hall–Kier alpha value is -1.43. The van der Waals surface area contributed by atoms with Gasteiger partial charge in [0, 0.05) is 31.5 Å². The molecule has 0 bridgehead atoms. The molecule has 3 aliphatic rings. The average Bonchev–Trinajstić information content (AvgIpc) is 3.20. The summed E-state index contributed by atoms with van der Waals surface area (Å²) in [6, 6.07) is 0.320. The molecule has 3 atom stereocenters. The van der Waals surface area contributed by atoms with Crippen LogP contribution in [0, 0.1) is 5.92 Å². The summed E-state index contributed by atoms with van der Waals surface area (Å²) in [7, 11) is 0. The van der Waals surface area contributed by atoms with Crippen LogP contribution >= 0.6 is 0 Å². The number of nitrogens with zero attached hydrogens (tertiary/aromatic N) is 4. The topological polar surface area (TPSA) is 77.0 Å². The van der Waals surface area contributed by atoms with E-state index in [1.54, 1.807) is 0 Å². The number of likely N-dealkylation sites (tertiary alicyclic amines) is 1. The smallest absolute Gasteiger partial charge is 0.226 e. The Labute approximate surface area is 137 Å². The maximum Gasteiger partial charge on any atom is 0.226 e. The van der Waals surface area contributed by atoms with Gasteiger partial charge < -0.3 is 15.2 Å². The summed E-state index contributed by atoms with van der Waals surface area (Å²) in [5, 5.41) is 8.88. The summed E-state index contributed by atoms with van der Waals surface area (Å²) >= 11 is 0. The van der Waals surface area contributed by atoms with E-state index in [4.69, 9.17) is 5.73 Å². The van der Waals surface area contributed by atoms with Crippen molar-refractivity contribution in [2.45, 2.75) is 76.4 Å². The Morgan fingerprint density at radius 1 is 1.04 bits per heavy atom. The average molecular weight is 317 g/mol. The molecule has 3 unspecified atom stereocenters. The minimum Gasteiger partial charge on any atom is -0.332 e. The third-order valence-electron chi connectivity index (χ3n) is 5.79. The number of aromatic nitrogens is 3. The van der Waals surface area contributed by atoms with Crippen molar-refractivity contribution in [3.8, 4) is 0 Å². The summed E-state index contributed by atoms with van der Waals surface area (Å²) in [6.45, 7) is 1.86. The number of hydrogen-bond acceptors (Lipinski definition) is 4. The van der Waals surface area contributed by atoms with Gasteiger partial charge in [-0.3, -0.25) is 4.79 Å². The summed E-state index contributed by atoms with van der Waals surface area (Å²) < 4.78 is 2.28. The van der Waals surface area contributed by atoms with Crippen LogP contribution in [0.25, 0.3) is 0 Å². The van der Waals surface area contributed by atoms with Gasteiger partial charge in [0.2, 0.25) is 5.91 Å². The summed E-state index contributed by atoms with van der Waals surface area (Å²) in [6.07, 6.45) is 9.47. The van der Waals surface area contributed by atoms with E-state index in [0.29, 0.717) is 5.91 Å². The van der Waals surface area contributed by atoms with Crippen molar-refractivity contribution in [3.05, 3.63) is 11.6 Å². The van der Waals surface area contributed by atoms with Gasteiger partial charge in [-0.2, -0.15) is 0 Å². The summed E-state index contributed by atoms with van der Waals surface area (Å²) in [4.78, 5) is 15.1. The van der Waals surface area contributed by atoms with Crippen LogP contribution in [0.5, 0.6) is 0 Å². The Bertz CT molecular complexity index is 584. The molecule has 0 spiro atoms. The van der Waals surface area contributed by atoms with Crippen LogP contribution in [0.1, 0.15) is 69.1 Å². The van der Waals surface area contributed by atoms with Gasteiger partial charge in [0.05, 0.1) is 6.04 Å². The zero-order valence-corrected chi connectivity index (χ0v) is 13.8. The first kappa shape index (κ1) is 15.1. The van der Waals surface area contributed by atoms with E-state index in [2.05, 4.69) is 19.7 Å². The largest absolute Gasteiger partial charge is 0.332 e. The number of piperidine rings is 1. The highest BCUT2D eigenvalue weighted by molar-refractivity contribution is 5.79. The fourth-order valence-electron chi connectivity index (χ4n) is 4.52. The minimum atomic E-state index is 0.118. The molecule has 2 aliphatic heterocycles. The van der Waals surface area contributed by atoms with Crippen LogP contribution in [0.4, 0.5) is 0 Å². The molecule has 3 heterocycles. The lowest BCUT2D eigenvalue weighted by Gasteiger charge is -2.37. The molecule has 6 heteroatoms. The van der Waals surface area contributed by atoms with E-state index >= 15 is 0 Å². The summed E-state index contributed by atoms with van der Waals surface area (Å²) in [5.41, 5.74) is 6.02. The predicted octanol–water partition coefficient (Wildman–Crippen LogP) is 1.80. The van der Waals surface area contributed by atoms with Crippen molar-refractivity contribution in [1.29, 1.82) is 0 Å². The Balaban J connectivity index is 1.58. The lowest BCUT2D eigenvalue weighted by Crippen LogP contribution is -2.42. The first-order valence-electron chi connectivity index (χ1n) is 9.22. The Kier molecular flexibility index (Phi) is 4.09. The highest BCUT2D eigenvalue weighted by Gasteiger charge is 2.37. The minimum absolute atomic E-state index is 0.118. The van der Waals surface area contributed by atoms with E-state index in [0.717, 1.165) is 63.3 Å². The maximum absolute atomic E-state index is 13.0. The van der Waals surface area contributed by atoms with Crippen LogP contribution < -0.4 is 5.73 Å². The molecule has 1 aromatic heterocycles. The lowest BCUT2D eigenvalue weighted by atomic mass is 9.97. The second-order valence-corrected chi connectivity index (χ2v) is 7.40. The van der Waals surface area contributed by atoms with Crippen molar-refractivity contribution < 1.29 is 4.79 Å². The van der Waals surface area contributed by atoms with Gasteiger partial charge in [-0.15, -0.1) is 10.2 Å². The number of rotatable bonds is 2. The van der Waals surface area contributed by atoms with Gasteiger partial charge >= 0.3 is 0 Å². The molecule has 1 aliphatic carbocycles. The second kappa shape index (κ2) is 6.23. The van der Waals surface area contributed by atoms with Crippen LogP contribution in [0.3, 0.4) is 0 Å². The van der Waals surface area contributed by atoms with Crippen molar-refractivity contribution in [2.24, 2.45) is 11.7 Å². The zero-order chi connectivity index (χ0) is 15.8. The monoisotopic (exact) mass is 317 g/mol. The van der Waals surface area contributed by atoms with Crippen molar-refractivity contribution >= 4 is 5.91 Å². The molecule has 6 nitrogen and oxygen atoms in total. The number of carbonyl (C=O) groups is 1. The highest BCUT2D eigenvalue weighted by atomic mass is 16.2. The Morgan fingerprint density at radius 2 is 1.91 bits per heavy atom. The number of hydrogen-bond donors (Lipinski definition) is 1. The normalized spacial score (nSPS) is 31.2. The van der Waals surface area contributed by atoms with Crippen molar-refractivity contribution in [3.63, 3.8) is 0 Å². The molecule has 1 aromatic rings. The van der Waals surface area contributed by atoms with Gasteiger partial charge in [0.15, 0.2) is 5.82 Å². The molecule has 2 fully saturated rings. The highest BCUT2D eigenvalue weighted by Crippen LogP contribution is 2.35. The van der Waals surface area contributed by atoms with Gasteiger partial charge in [-0.1, -0.05) is 0 Å². The van der Waals surface area contributed by atoms with Gasteiger partial charge in [-0.25, -0.2) is 0 Å². The number of carbonyl (C=O) groups excluding carboxylic acids is 1. The van der Waals surface area contributed by atoms with E-state index in [1.807, 2.05) is 0 Å². The van der Waals surface area contributed by atoms with E-state index in [1.165, 1.54) is 19.3 Å². The predicted molar refractivity (Wildman–Crippen MR) is 86.6 cm³/mol. The second-order valence-electron chi connectivity index (χ2n) is 7.40. The first-order chi connectivity index (χ1) is 11.2. The molecule has 23 heavy (non-hydrogen) atoms. The third kappa shape index (κ3) is 2.77. The van der Waals surface area contributed by atoms with Crippen molar-refractivity contribution in [2.75, 3.05) is 6.54 Å². The SMILES string of the molecule is NC1CCC(C(=O)N2CCCCC2c2nnc3n2CCCC3)C1. The molecule has 0 aromatic carbocycles. The van der Waals surface area contributed by atoms with Gasteiger partial charge in [0.25, 0.3) is 0 Å². The molecule has 2 N–H and O–H groups in total. The quantitative estimate of drug-likeness (QED) is 0.902. The number of nitrogens with two attached hydrogens (primary N) is 1. The van der Waals surface area contributed by atoms with Crippen LogP contribution in [-0.2, 0) is 17.8 Å². The van der Waals surface area contributed by atoms with Crippen LogP contribution in [0.2, 0.25) is 0 Å². The standard InChI is InChI=1S/C17H27N5O/c18-13-8-7-12(11-13)17(23)21-9-3-1-5-14(21)16-20-19-15-6-2-4-10-22(15)16/h12-14H,1-11,18H2. The fourth-order valence-corrected chi connectivity index (χ4v) is 4.52. The van der Waals surface area contributed by atoms with Gasteiger partial charge in [-0.05, 0) is 51.4 Å². The lowest BCUT2D eigenvalue weighted by molar-refractivity contribution is -0.139. The van der Waals surface area contributed by atoms with Gasteiger partial charge in [0.1, 0.15) is 5.82 Å². The molecular formula is C17H27N5O. The molecule has 1 saturated carbocycles. The molecule has 4 rings (SSSR count). The molecule has 1 amide bonds. The molecule has 1 saturated heterocycles.